The molecule has 126 valence electrons. The molecule has 2 aromatic rings. The van der Waals surface area contributed by atoms with E-state index < -0.39 is 11.8 Å². The lowest BCUT2D eigenvalue weighted by Crippen LogP contribution is -2.29. The number of methoxy groups -OCH3 is 2. The Labute approximate surface area is 148 Å². The zero-order valence-electron chi connectivity index (χ0n) is 12.9. The highest BCUT2D eigenvalue weighted by Crippen LogP contribution is 2.29. The van der Waals surface area contributed by atoms with Gasteiger partial charge in [-0.05, 0) is 36.4 Å². The molecule has 24 heavy (non-hydrogen) atoms. The van der Waals surface area contributed by atoms with Crippen LogP contribution in [0.3, 0.4) is 0 Å². The van der Waals surface area contributed by atoms with Gasteiger partial charge in [0.05, 0.1) is 25.6 Å². The number of amides is 2. The first-order chi connectivity index (χ1) is 11.4. The molecule has 6 nitrogen and oxygen atoms in total. The maximum Gasteiger partial charge on any atom is 0.314 e. The van der Waals surface area contributed by atoms with Crippen molar-refractivity contribution in [1.29, 1.82) is 0 Å². The number of rotatable bonds is 4. The van der Waals surface area contributed by atoms with Gasteiger partial charge in [0.25, 0.3) is 0 Å². The van der Waals surface area contributed by atoms with Crippen molar-refractivity contribution < 1.29 is 19.1 Å². The molecule has 0 bridgehead atoms. The maximum absolute atomic E-state index is 12.1. The molecule has 0 aliphatic carbocycles. The summed E-state index contributed by atoms with van der Waals surface area (Å²) >= 11 is 11.8. The van der Waals surface area contributed by atoms with Gasteiger partial charge in [0.1, 0.15) is 11.5 Å². The molecule has 2 amide bonds. The number of carbonyl (C=O) groups is 2. The topological polar surface area (TPSA) is 76.7 Å². The Bertz CT molecular complexity index is 715. The molecular formula is C16H14Cl2N2O4. The number of carbonyl (C=O) groups excluding carboxylic acids is 2. The fourth-order valence-electron chi connectivity index (χ4n) is 1.91. The van der Waals surface area contributed by atoms with Crippen LogP contribution in [0.4, 0.5) is 11.4 Å². The van der Waals surface area contributed by atoms with Gasteiger partial charge in [-0.3, -0.25) is 9.59 Å². The number of nitrogens with one attached hydrogen (secondary N) is 2. The van der Waals surface area contributed by atoms with Crippen molar-refractivity contribution in [3.05, 3.63) is 46.4 Å². The van der Waals surface area contributed by atoms with E-state index in [-0.39, 0.29) is 11.4 Å². The molecule has 0 unspecified atom stereocenters. The summed E-state index contributed by atoms with van der Waals surface area (Å²) in [7, 11) is 2.88. The third-order valence-corrected chi connectivity index (χ3v) is 3.50. The van der Waals surface area contributed by atoms with E-state index in [9.17, 15) is 9.59 Å². The van der Waals surface area contributed by atoms with Gasteiger partial charge >= 0.3 is 11.8 Å². The van der Waals surface area contributed by atoms with Crippen LogP contribution in [0.2, 0.25) is 10.0 Å². The van der Waals surface area contributed by atoms with Crippen molar-refractivity contribution in [3.63, 3.8) is 0 Å². The minimum absolute atomic E-state index is 0.281. The van der Waals surface area contributed by atoms with Crippen LogP contribution >= 0.6 is 23.2 Å². The maximum atomic E-state index is 12.1. The van der Waals surface area contributed by atoms with Crippen LogP contribution in [-0.4, -0.2) is 26.0 Å². The Kier molecular flexibility index (Phi) is 5.89. The van der Waals surface area contributed by atoms with Gasteiger partial charge in [-0.1, -0.05) is 23.2 Å². The first-order valence-electron chi connectivity index (χ1n) is 6.74. The molecule has 0 fully saturated rings. The zero-order valence-corrected chi connectivity index (χ0v) is 14.4. The SMILES string of the molecule is COc1ccc(Cl)cc1NC(=O)C(=O)Nc1cc(Cl)ccc1OC. The first-order valence-corrected chi connectivity index (χ1v) is 7.49. The van der Waals surface area contributed by atoms with Crippen LogP contribution in [0.15, 0.2) is 36.4 Å². The third-order valence-electron chi connectivity index (χ3n) is 3.03. The zero-order chi connectivity index (χ0) is 17.7. The van der Waals surface area contributed by atoms with E-state index in [0.717, 1.165) is 0 Å². The van der Waals surface area contributed by atoms with Crippen molar-refractivity contribution in [3.8, 4) is 11.5 Å². The number of ether oxygens (including phenoxy) is 2. The van der Waals surface area contributed by atoms with E-state index in [0.29, 0.717) is 21.5 Å². The van der Waals surface area contributed by atoms with Crippen LogP contribution in [0.1, 0.15) is 0 Å². The summed E-state index contributed by atoms with van der Waals surface area (Å²) in [4.78, 5) is 24.2. The second-order valence-corrected chi connectivity index (χ2v) is 5.47. The van der Waals surface area contributed by atoms with Crippen LogP contribution in [0.25, 0.3) is 0 Å². The highest BCUT2D eigenvalue weighted by Gasteiger charge is 2.18. The average molecular weight is 369 g/mol. The number of benzene rings is 2. The summed E-state index contributed by atoms with van der Waals surface area (Å²) in [6.07, 6.45) is 0. The van der Waals surface area contributed by atoms with Crippen molar-refractivity contribution in [2.45, 2.75) is 0 Å². The monoisotopic (exact) mass is 368 g/mol. The van der Waals surface area contributed by atoms with Gasteiger partial charge in [0.2, 0.25) is 0 Å². The van der Waals surface area contributed by atoms with E-state index >= 15 is 0 Å². The highest BCUT2D eigenvalue weighted by atomic mass is 35.5. The normalized spacial score (nSPS) is 10.0. The molecule has 0 aromatic heterocycles. The van der Waals surface area contributed by atoms with Gasteiger partial charge in [-0.25, -0.2) is 0 Å². The molecule has 8 heteroatoms. The molecule has 2 N–H and O–H groups in total. The van der Waals surface area contributed by atoms with Crippen molar-refractivity contribution in [2.24, 2.45) is 0 Å². The number of anilines is 2. The molecule has 0 saturated carbocycles. The molecule has 0 radical (unpaired) electrons. The predicted molar refractivity (Wildman–Crippen MR) is 93.3 cm³/mol. The second kappa shape index (κ2) is 7.90. The molecule has 0 aliphatic rings. The van der Waals surface area contributed by atoms with E-state index in [4.69, 9.17) is 32.7 Å². The van der Waals surface area contributed by atoms with Crippen LogP contribution in [0, 0.1) is 0 Å². The summed E-state index contributed by atoms with van der Waals surface area (Å²) < 4.78 is 10.2. The summed E-state index contributed by atoms with van der Waals surface area (Å²) in [6, 6.07) is 9.32. The molecular weight excluding hydrogens is 355 g/mol. The van der Waals surface area contributed by atoms with Gasteiger partial charge in [0.15, 0.2) is 0 Å². The average Bonchev–Trinajstić information content (AvgIpc) is 2.55. The predicted octanol–water partition coefficient (Wildman–Crippen LogP) is 3.59. The van der Waals surface area contributed by atoms with E-state index in [1.54, 1.807) is 24.3 Å². The van der Waals surface area contributed by atoms with Crippen LogP contribution in [0.5, 0.6) is 11.5 Å². The summed E-state index contributed by atoms with van der Waals surface area (Å²) in [5, 5.41) is 5.66. The lowest BCUT2D eigenvalue weighted by Gasteiger charge is -2.12. The van der Waals surface area contributed by atoms with Gasteiger partial charge < -0.3 is 20.1 Å². The molecule has 2 rings (SSSR count). The standard InChI is InChI=1S/C16H14Cl2N2O4/c1-23-13-5-3-9(17)7-11(13)19-15(21)16(22)20-12-8-10(18)4-6-14(12)24-2/h3-8H,1-2H3,(H,19,21)(H,20,22). The minimum atomic E-state index is -0.891. The number of hydrogen-bond acceptors (Lipinski definition) is 4. The second-order valence-electron chi connectivity index (χ2n) is 4.60. The van der Waals surface area contributed by atoms with Crippen molar-refractivity contribution >= 4 is 46.4 Å². The molecule has 0 spiro atoms. The highest BCUT2D eigenvalue weighted by molar-refractivity contribution is 6.44. The lowest BCUT2D eigenvalue weighted by molar-refractivity contribution is -0.133. The Hall–Kier alpha value is -2.44. The van der Waals surface area contributed by atoms with Crippen LogP contribution < -0.4 is 20.1 Å². The lowest BCUT2D eigenvalue weighted by atomic mass is 10.2. The Morgan fingerprint density at radius 1 is 0.792 bits per heavy atom. The van der Waals surface area contributed by atoms with E-state index in [1.165, 1.54) is 26.4 Å². The van der Waals surface area contributed by atoms with Gasteiger partial charge in [0, 0.05) is 10.0 Å². The largest absolute Gasteiger partial charge is 0.495 e. The molecule has 2 aromatic carbocycles. The Balaban J connectivity index is 2.15. The Morgan fingerprint density at radius 2 is 1.17 bits per heavy atom. The van der Waals surface area contributed by atoms with E-state index in [2.05, 4.69) is 10.6 Å². The summed E-state index contributed by atoms with van der Waals surface area (Å²) in [5.41, 5.74) is 0.561. The molecule has 0 saturated heterocycles. The molecule has 0 atom stereocenters. The number of halogens is 2. The third kappa shape index (κ3) is 4.31. The Morgan fingerprint density at radius 3 is 1.50 bits per heavy atom. The smallest absolute Gasteiger partial charge is 0.314 e. The summed E-state index contributed by atoms with van der Waals surface area (Å²) in [5.74, 6) is -1.03. The fraction of sp³-hybridized carbons (Fsp3) is 0.125. The van der Waals surface area contributed by atoms with Gasteiger partial charge in [-0.2, -0.15) is 0 Å². The van der Waals surface area contributed by atoms with Gasteiger partial charge in [-0.15, -0.1) is 0 Å². The summed E-state index contributed by atoms with van der Waals surface area (Å²) in [6.45, 7) is 0. The molecule has 0 heterocycles. The van der Waals surface area contributed by atoms with E-state index in [1.807, 2.05) is 0 Å². The molecule has 0 aliphatic heterocycles. The quantitative estimate of drug-likeness (QED) is 0.808. The number of hydrogen-bond donors (Lipinski definition) is 2. The van der Waals surface area contributed by atoms with Crippen LogP contribution in [-0.2, 0) is 9.59 Å². The van der Waals surface area contributed by atoms with Crippen molar-refractivity contribution in [1.82, 2.24) is 0 Å². The minimum Gasteiger partial charge on any atom is -0.495 e. The fourth-order valence-corrected chi connectivity index (χ4v) is 2.26. The van der Waals surface area contributed by atoms with Crippen molar-refractivity contribution in [2.75, 3.05) is 24.9 Å². The first kappa shape index (κ1) is 17.9.